The van der Waals surface area contributed by atoms with Crippen molar-refractivity contribution in [3.05, 3.63) is 118 Å². The number of methoxy groups -OCH3 is 1. The predicted molar refractivity (Wildman–Crippen MR) is 141 cm³/mol. The van der Waals surface area contributed by atoms with Crippen molar-refractivity contribution >= 4 is 34.7 Å². The maximum atomic E-state index is 14.0. The van der Waals surface area contributed by atoms with Crippen molar-refractivity contribution in [1.29, 1.82) is 0 Å². The molecule has 0 saturated heterocycles. The third kappa shape index (κ3) is 4.32. The van der Waals surface area contributed by atoms with E-state index in [1.54, 1.807) is 49.4 Å². The maximum Gasteiger partial charge on any atom is 0.337 e. The van der Waals surface area contributed by atoms with Crippen LogP contribution < -0.4 is 4.90 Å². The van der Waals surface area contributed by atoms with Crippen molar-refractivity contribution in [2.45, 2.75) is 13.0 Å². The van der Waals surface area contributed by atoms with Crippen molar-refractivity contribution in [1.82, 2.24) is 4.98 Å². The van der Waals surface area contributed by atoms with E-state index in [-0.39, 0.29) is 11.1 Å². The third-order valence-electron chi connectivity index (χ3n) is 6.14. The van der Waals surface area contributed by atoms with Crippen molar-refractivity contribution in [3.63, 3.8) is 0 Å². The number of ether oxygens (including phenoxy) is 1. The average molecular weight is 511 g/mol. The normalized spacial score (nSPS) is 15.2. The molecule has 1 unspecified atom stereocenters. The minimum Gasteiger partial charge on any atom is -0.503 e. The highest BCUT2D eigenvalue weighted by molar-refractivity contribution is 7.17. The molecular formula is C29H22N2O5S. The zero-order valence-electron chi connectivity index (χ0n) is 20.0. The molecule has 0 radical (unpaired) electrons. The Labute approximate surface area is 217 Å². The Morgan fingerprint density at radius 1 is 0.973 bits per heavy atom. The van der Waals surface area contributed by atoms with Gasteiger partial charge in [0.25, 0.3) is 5.91 Å². The van der Waals surface area contributed by atoms with Crippen LogP contribution in [-0.4, -0.2) is 34.9 Å². The minimum atomic E-state index is -0.907. The number of carbonyl (C=O) groups is 3. The van der Waals surface area contributed by atoms with E-state index in [1.165, 1.54) is 29.4 Å². The summed E-state index contributed by atoms with van der Waals surface area (Å²) in [6.45, 7) is 1.74. The number of thiazole rings is 1. The molecule has 0 saturated carbocycles. The molecule has 3 aromatic carbocycles. The fraction of sp³-hybridized carbons (Fsp3) is 0.103. The number of carbonyl (C=O) groups excluding carboxylic acids is 3. The summed E-state index contributed by atoms with van der Waals surface area (Å²) in [6, 6.07) is 23.9. The Kier molecular flexibility index (Phi) is 6.42. The summed E-state index contributed by atoms with van der Waals surface area (Å²) in [5, 5.41) is 11.7. The van der Waals surface area contributed by atoms with Crippen LogP contribution in [0.4, 0.5) is 5.69 Å². The van der Waals surface area contributed by atoms with E-state index < -0.39 is 29.5 Å². The lowest BCUT2D eigenvalue weighted by Gasteiger charge is -2.27. The molecule has 1 N–H and O–H groups in total. The van der Waals surface area contributed by atoms with Gasteiger partial charge in [0.1, 0.15) is 5.01 Å². The van der Waals surface area contributed by atoms with E-state index in [9.17, 15) is 19.5 Å². The fourth-order valence-corrected chi connectivity index (χ4v) is 5.41. The summed E-state index contributed by atoms with van der Waals surface area (Å²) >= 11 is 1.22. The second-order valence-corrected chi connectivity index (χ2v) is 9.42. The molecule has 0 fully saturated rings. The first-order valence-corrected chi connectivity index (χ1v) is 12.3. The molecule has 1 aliphatic heterocycles. The van der Waals surface area contributed by atoms with Gasteiger partial charge < -0.3 is 9.84 Å². The third-order valence-corrected chi connectivity index (χ3v) is 7.34. The molecule has 1 amide bonds. The fourth-order valence-electron chi connectivity index (χ4n) is 4.39. The first-order valence-electron chi connectivity index (χ1n) is 11.5. The molecule has 1 aromatic heterocycles. The molecule has 0 aliphatic carbocycles. The Hall–Kier alpha value is -4.56. The molecule has 5 rings (SSSR count). The van der Waals surface area contributed by atoms with Crippen molar-refractivity contribution in [3.8, 4) is 10.6 Å². The van der Waals surface area contributed by atoms with Gasteiger partial charge in [-0.15, -0.1) is 11.3 Å². The van der Waals surface area contributed by atoms with Crippen LogP contribution in [0, 0.1) is 6.92 Å². The van der Waals surface area contributed by atoms with E-state index in [0.717, 1.165) is 5.56 Å². The molecule has 4 aromatic rings. The summed E-state index contributed by atoms with van der Waals surface area (Å²) in [5.74, 6) is -2.39. The molecule has 0 bridgehead atoms. The SMILES string of the molecule is COC(=O)c1cccc(N2C(=O)C(O)=C(C(=O)c3sc(-c4ccccc4)nc3C)C2c2ccccc2)c1. The molecule has 184 valence electrons. The summed E-state index contributed by atoms with van der Waals surface area (Å²) < 4.78 is 4.82. The van der Waals surface area contributed by atoms with Crippen molar-refractivity contribution in [2.75, 3.05) is 12.0 Å². The number of Topliss-reactive ketones (excluding diaryl/α,β-unsaturated/α-hetero) is 1. The summed E-state index contributed by atoms with van der Waals surface area (Å²) in [5.41, 5.74) is 2.57. The first kappa shape index (κ1) is 24.1. The van der Waals surface area contributed by atoms with E-state index in [1.807, 2.05) is 36.4 Å². The van der Waals surface area contributed by atoms with Crippen LogP contribution in [0.25, 0.3) is 10.6 Å². The van der Waals surface area contributed by atoms with Gasteiger partial charge in [0, 0.05) is 11.3 Å². The second-order valence-electron chi connectivity index (χ2n) is 8.42. The number of ketones is 1. The number of rotatable bonds is 6. The van der Waals surface area contributed by atoms with Crippen LogP contribution >= 0.6 is 11.3 Å². The largest absolute Gasteiger partial charge is 0.503 e. The lowest BCUT2D eigenvalue weighted by molar-refractivity contribution is -0.117. The highest BCUT2D eigenvalue weighted by Crippen LogP contribution is 2.43. The molecule has 7 nitrogen and oxygen atoms in total. The number of benzene rings is 3. The number of aromatic nitrogens is 1. The van der Waals surface area contributed by atoms with Gasteiger partial charge in [-0.05, 0) is 30.7 Å². The van der Waals surface area contributed by atoms with Gasteiger partial charge in [0.05, 0.1) is 34.9 Å². The quantitative estimate of drug-likeness (QED) is 0.265. The number of anilines is 1. The molecule has 37 heavy (non-hydrogen) atoms. The van der Waals surface area contributed by atoms with Gasteiger partial charge in [0.2, 0.25) is 5.78 Å². The summed E-state index contributed by atoms with van der Waals surface area (Å²) in [6.07, 6.45) is 0. The zero-order chi connectivity index (χ0) is 26.1. The number of amides is 1. The Bertz CT molecular complexity index is 1540. The van der Waals surface area contributed by atoms with Gasteiger partial charge in [-0.3, -0.25) is 14.5 Å². The lowest BCUT2D eigenvalue weighted by atomic mass is 9.94. The van der Waals surface area contributed by atoms with Crippen LogP contribution in [0.2, 0.25) is 0 Å². The Balaban J connectivity index is 1.62. The summed E-state index contributed by atoms with van der Waals surface area (Å²) in [4.78, 5) is 45.8. The van der Waals surface area contributed by atoms with Crippen molar-refractivity contribution < 1.29 is 24.2 Å². The number of esters is 1. The van der Waals surface area contributed by atoms with Gasteiger partial charge in [-0.25, -0.2) is 9.78 Å². The number of aliphatic hydroxyl groups excluding tert-OH is 1. The zero-order valence-corrected chi connectivity index (χ0v) is 20.9. The summed E-state index contributed by atoms with van der Waals surface area (Å²) in [7, 11) is 1.27. The first-order chi connectivity index (χ1) is 17.9. The van der Waals surface area contributed by atoms with Crippen molar-refractivity contribution in [2.24, 2.45) is 0 Å². The van der Waals surface area contributed by atoms with E-state index in [2.05, 4.69) is 4.98 Å². The van der Waals surface area contributed by atoms with Crippen LogP contribution in [0.5, 0.6) is 0 Å². The topological polar surface area (TPSA) is 96.8 Å². The molecule has 1 aliphatic rings. The predicted octanol–water partition coefficient (Wildman–Crippen LogP) is 5.69. The number of aryl methyl sites for hydroxylation is 1. The second kappa shape index (κ2) is 9.83. The maximum absolute atomic E-state index is 14.0. The number of nitrogens with zero attached hydrogens (tertiary/aromatic N) is 2. The highest BCUT2D eigenvalue weighted by atomic mass is 32.1. The Morgan fingerprint density at radius 2 is 1.65 bits per heavy atom. The van der Waals surface area contributed by atoms with E-state index >= 15 is 0 Å². The number of aliphatic hydroxyl groups is 1. The van der Waals surface area contributed by atoms with E-state index in [4.69, 9.17) is 4.74 Å². The van der Waals surface area contributed by atoms with Crippen LogP contribution in [-0.2, 0) is 9.53 Å². The van der Waals surface area contributed by atoms with E-state index in [0.29, 0.717) is 26.8 Å². The minimum absolute atomic E-state index is 0.0361. The van der Waals surface area contributed by atoms with Crippen LogP contribution in [0.15, 0.2) is 96.3 Å². The molecule has 1 atom stereocenters. The number of hydrogen-bond acceptors (Lipinski definition) is 7. The van der Waals surface area contributed by atoms with Crippen LogP contribution in [0.3, 0.4) is 0 Å². The van der Waals surface area contributed by atoms with Gasteiger partial charge in [-0.1, -0.05) is 66.7 Å². The smallest absolute Gasteiger partial charge is 0.337 e. The lowest BCUT2D eigenvalue weighted by Crippen LogP contribution is -2.31. The molecule has 8 heteroatoms. The van der Waals surface area contributed by atoms with Gasteiger partial charge in [0.15, 0.2) is 5.76 Å². The molecular weight excluding hydrogens is 488 g/mol. The highest BCUT2D eigenvalue weighted by Gasteiger charge is 2.45. The van der Waals surface area contributed by atoms with Crippen LogP contribution in [0.1, 0.15) is 37.3 Å². The molecule has 0 spiro atoms. The molecule has 2 heterocycles. The van der Waals surface area contributed by atoms with Gasteiger partial charge >= 0.3 is 5.97 Å². The monoisotopic (exact) mass is 510 g/mol. The standard InChI is InChI=1S/C29H22N2O5S/c1-17-26(37-27(30-17)19-12-7-4-8-13-19)24(32)22-23(18-10-5-3-6-11-18)31(28(34)25(22)33)21-15-9-14-20(16-21)29(35)36-2/h3-16,23,33H,1-2H3. The Morgan fingerprint density at radius 3 is 2.32 bits per heavy atom. The van der Waals surface area contributed by atoms with Gasteiger partial charge in [-0.2, -0.15) is 0 Å². The number of hydrogen-bond donors (Lipinski definition) is 1. The average Bonchev–Trinajstić information content (AvgIpc) is 3.46.